The van der Waals surface area contributed by atoms with Crippen LogP contribution in [0.15, 0.2) is 48.6 Å². The average molecular weight is 616 g/mol. The molecule has 0 aromatic heterocycles. The largest absolute Gasteiger partial charge is 0.480 e. The second-order valence-corrected chi connectivity index (χ2v) is 11.7. The number of nitrogens with one attached hydrogen (secondary N) is 1. The van der Waals surface area contributed by atoms with Crippen molar-refractivity contribution in [1.82, 2.24) is 5.32 Å². The molecule has 0 heterocycles. The zero-order chi connectivity index (χ0) is 32.4. The van der Waals surface area contributed by atoms with Gasteiger partial charge in [0.2, 0.25) is 5.91 Å². The van der Waals surface area contributed by atoms with E-state index in [1.165, 1.54) is 51.4 Å². The summed E-state index contributed by atoms with van der Waals surface area (Å²) in [5, 5.41) is 11.0. The van der Waals surface area contributed by atoms with Gasteiger partial charge >= 0.3 is 11.9 Å². The number of carbonyl (C=O) groups excluding carboxylic acids is 2. The molecule has 1 amide bonds. The lowest BCUT2D eigenvalue weighted by Gasteiger charge is -2.18. The molecule has 0 spiro atoms. The number of hydrogen-bond acceptors (Lipinski definition) is 4. The van der Waals surface area contributed by atoms with Crippen molar-refractivity contribution >= 4 is 17.8 Å². The standard InChI is InChI=1S/C38H65NO5/c1-3-5-7-9-11-13-14-15-16-18-20-25-29-33-38(43)44-35(30-26-22-19-17-12-10-8-6-4-2)31-27-23-21-24-28-32-36(40)39-34-37(41)42/h5,7,11,13,15-16,20,25,35H,3-4,6,8-10,12,14,17-19,21-24,26-34H2,1-2H3,(H,39,40)(H,41,42)/b7-5-,13-11-,16-15-,25-20-. The first-order valence-corrected chi connectivity index (χ1v) is 17.8. The molecule has 0 saturated carbocycles. The third kappa shape index (κ3) is 32.3. The van der Waals surface area contributed by atoms with E-state index in [0.29, 0.717) is 19.3 Å². The van der Waals surface area contributed by atoms with Crippen molar-refractivity contribution in [2.24, 2.45) is 0 Å². The average Bonchev–Trinajstić information content (AvgIpc) is 3.00. The van der Waals surface area contributed by atoms with Crippen molar-refractivity contribution in [2.75, 3.05) is 6.54 Å². The normalized spacial score (nSPS) is 12.6. The monoisotopic (exact) mass is 615 g/mol. The molecular weight excluding hydrogens is 550 g/mol. The van der Waals surface area contributed by atoms with Gasteiger partial charge in [-0.25, -0.2) is 0 Å². The molecule has 0 saturated heterocycles. The SMILES string of the molecule is CC/C=C\C/C=C\C/C=C\C/C=C\CCC(=O)OC(CCCCCCCCCCC)CCCCCCCC(=O)NCC(=O)O. The van der Waals surface area contributed by atoms with Crippen molar-refractivity contribution < 1.29 is 24.2 Å². The Morgan fingerprint density at radius 2 is 1.09 bits per heavy atom. The van der Waals surface area contributed by atoms with E-state index < -0.39 is 5.97 Å². The number of carboxylic acids is 1. The molecule has 0 radical (unpaired) electrons. The molecule has 0 fully saturated rings. The summed E-state index contributed by atoms with van der Waals surface area (Å²) in [4.78, 5) is 34.8. The van der Waals surface area contributed by atoms with Crippen LogP contribution < -0.4 is 5.32 Å². The highest BCUT2D eigenvalue weighted by molar-refractivity contribution is 5.80. The van der Waals surface area contributed by atoms with Crippen LogP contribution in [0, 0.1) is 0 Å². The number of rotatable bonds is 31. The molecule has 0 aromatic carbocycles. The van der Waals surface area contributed by atoms with Gasteiger partial charge in [-0.2, -0.15) is 0 Å². The number of amides is 1. The fourth-order valence-corrected chi connectivity index (χ4v) is 4.94. The quantitative estimate of drug-likeness (QED) is 0.0460. The molecule has 6 heteroatoms. The zero-order valence-electron chi connectivity index (χ0n) is 28.2. The maximum absolute atomic E-state index is 12.6. The van der Waals surface area contributed by atoms with Crippen molar-refractivity contribution in [3.63, 3.8) is 0 Å². The Morgan fingerprint density at radius 1 is 0.614 bits per heavy atom. The summed E-state index contributed by atoms with van der Waals surface area (Å²) in [6, 6.07) is 0. The summed E-state index contributed by atoms with van der Waals surface area (Å²) in [6.45, 7) is 4.08. The Bertz CT molecular complexity index is 814. The van der Waals surface area contributed by atoms with Gasteiger partial charge in [-0.3, -0.25) is 14.4 Å². The first kappa shape index (κ1) is 41.4. The smallest absolute Gasteiger partial charge is 0.322 e. The number of unbranched alkanes of at least 4 members (excludes halogenated alkanes) is 12. The molecule has 44 heavy (non-hydrogen) atoms. The second kappa shape index (κ2) is 33.3. The van der Waals surface area contributed by atoms with Gasteiger partial charge in [0.25, 0.3) is 0 Å². The van der Waals surface area contributed by atoms with E-state index in [2.05, 4.69) is 67.8 Å². The van der Waals surface area contributed by atoms with Crippen molar-refractivity contribution in [2.45, 2.75) is 168 Å². The van der Waals surface area contributed by atoms with Crippen LogP contribution in [0.1, 0.15) is 162 Å². The van der Waals surface area contributed by atoms with Gasteiger partial charge in [0, 0.05) is 12.8 Å². The minimum Gasteiger partial charge on any atom is -0.480 e. The van der Waals surface area contributed by atoms with Crippen LogP contribution in [0.3, 0.4) is 0 Å². The van der Waals surface area contributed by atoms with E-state index in [9.17, 15) is 14.4 Å². The van der Waals surface area contributed by atoms with Crippen molar-refractivity contribution in [3.05, 3.63) is 48.6 Å². The summed E-state index contributed by atoms with van der Waals surface area (Å²) in [6.07, 6.45) is 40.9. The third-order valence-electron chi connectivity index (χ3n) is 7.53. The van der Waals surface area contributed by atoms with Crippen molar-refractivity contribution in [3.8, 4) is 0 Å². The Balaban J connectivity index is 4.29. The fourth-order valence-electron chi connectivity index (χ4n) is 4.94. The molecule has 6 nitrogen and oxygen atoms in total. The summed E-state index contributed by atoms with van der Waals surface area (Å²) in [5.74, 6) is -1.32. The lowest BCUT2D eigenvalue weighted by molar-refractivity contribution is -0.149. The second-order valence-electron chi connectivity index (χ2n) is 11.7. The maximum Gasteiger partial charge on any atom is 0.322 e. The van der Waals surface area contributed by atoms with Gasteiger partial charge in [-0.1, -0.05) is 133 Å². The first-order valence-electron chi connectivity index (χ1n) is 17.8. The number of esters is 1. The number of carboxylic acid groups (broad SMARTS) is 1. The summed E-state index contributed by atoms with van der Waals surface area (Å²) < 4.78 is 5.93. The number of aliphatic carboxylic acids is 1. The van der Waals surface area contributed by atoms with Crippen LogP contribution in [-0.2, 0) is 19.1 Å². The van der Waals surface area contributed by atoms with E-state index in [-0.39, 0.29) is 24.5 Å². The molecular formula is C38H65NO5. The number of allylic oxidation sites excluding steroid dienone is 8. The number of carbonyl (C=O) groups is 3. The number of hydrogen-bond donors (Lipinski definition) is 2. The van der Waals surface area contributed by atoms with Gasteiger partial charge < -0.3 is 15.2 Å². The van der Waals surface area contributed by atoms with Crippen LogP contribution in [0.25, 0.3) is 0 Å². The van der Waals surface area contributed by atoms with E-state index in [1.54, 1.807) is 0 Å². The van der Waals surface area contributed by atoms with Crippen molar-refractivity contribution in [1.29, 1.82) is 0 Å². The number of ether oxygens (including phenoxy) is 1. The topological polar surface area (TPSA) is 92.7 Å². The molecule has 252 valence electrons. The fraction of sp³-hybridized carbons (Fsp3) is 0.711. The lowest BCUT2D eigenvalue weighted by Crippen LogP contribution is -2.28. The highest BCUT2D eigenvalue weighted by atomic mass is 16.5. The first-order chi connectivity index (χ1) is 21.5. The van der Waals surface area contributed by atoms with Gasteiger partial charge in [-0.15, -0.1) is 0 Å². The zero-order valence-corrected chi connectivity index (χ0v) is 28.2. The van der Waals surface area contributed by atoms with Crippen LogP contribution in [0.4, 0.5) is 0 Å². The van der Waals surface area contributed by atoms with Gasteiger partial charge in [0.05, 0.1) is 0 Å². The molecule has 0 aromatic rings. The third-order valence-corrected chi connectivity index (χ3v) is 7.53. The molecule has 0 aliphatic heterocycles. The molecule has 0 aliphatic carbocycles. The molecule has 0 bridgehead atoms. The molecule has 0 aliphatic rings. The van der Waals surface area contributed by atoms with Crippen LogP contribution >= 0.6 is 0 Å². The summed E-state index contributed by atoms with van der Waals surface area (Å²) in [5.41, 5.74) is 0. The lowest BCUT2D eigenvalue weighted by atomic mass is 10.0. The molecule has 2 N–H and O–H groups in total. The Kier molecular flexibility index (Phi) is 31.3. The van der Waals surface area contributed by atoms with Crippen LogP contribution in [-0.4, -0.2) is 35.6 Å². The van der Waals surface area contributed by atoms with E-state index in [4.69, 9.17) is 9.84 Å². The predicted molar refractivity (Wildman–Crippen MR) is 185 cm³/mol. The minimum absolute atomic E-state index is 0.00807. The minimum atomic E-state index is -1.02. The summed E-state index contributed by atoms with van der Waals surface area (Å²) in [7, 11) is 0. The molecule has 0 rings (SSSR count). The molecule has 1 atom stereocenters. The van der Waals surface area contributed by atoms with Gasteiger partial charge in [0.15, 0.2) is 0 Å². The van der Waals surface area contributed by atoms with Gasteiger partial charge in [-0.05, 0) is 64.2 Å². The Morgan fingerprint density at radius 3 is 1.61 bits per heavy atom. The Labute approximate surface area is 269 Å². The highest BCUT2D eigenvalue weighted by Gasteiger charge is 2.14. The van der Waals surface area contributed by atoms with Gasteiger partial charge in [0.1, 0.15) is 12.6 Å². The van der Waals surface area contributed by atoms with E-state index in [1.807, 2.05) is 0 Å². The molecule has 1 unspecified atom stereocenters. The van der Waals surface area contributed by atoms with Crippen LogP contribution in [0.2, 0.25) is 0 Å². The maximum atomic E-state index is 12.6. The predicted octanol–water partition coefficient (Wildman–Crippen LogP) is 10.3. The highest BCUT2D eigenvalue weighted by Crippen LogP contribution is 2.18. The van der Waals surface area contributed by atoms with E-state index in [0.717, 1.165) is 77.0 Å². The Hall–Kier alpha value is -2.63. The van der Waals surface area contributed by atoms with E-state index >= 15 is 0 Å². The summed E-state index contributed by atoms with van der Waals surface area (Å²) >= 11 is 0. The van der Waals surface area contributed by atoms with Crippen LogP contribution in [0.5, 0.6) is 0 Å².